The van der Waals surface area contributed by atoms with E-state index in [-0.39, 0.29) is 0 Å². The first-order chi connectivity index (χ1) is 6.75. The molecule has 3 heteroatoms. The molecule has 0 aliphatic carbocycles. The summed E-state index contributed by atoms with van der Waals surface area (Å²) >= 11 is 5.04. The summed E-state index contributed by atoms with van der Waals surface area (Å²) in [6.07, 6.45) is 0. The van der Waals surface area contributed by atoms with Crippen molar-refractivity contribution < 1.29 is 4.74 Å². The number of benzene rings is 1. The number of hydrogen-bond donors (Lipinski definition) is 0. The zero-order chi connectivity index (χ0) is 9.97. The number of aryl methyl sites for hydroxylation is 1. The third kappa shape index (κ3) is 2.16. The van der Waals surface area contributed by atoms with Gasteiger partial charge in [0, 0.05) is 15.4 Å². The average Bonchev–Trinajstić information content (AvgIpc) is 2.56. The molecule has 0 amide bonds. The lowest BCUT2D eigenvalue weighted by molar-refractivity contribution is 0.481. The van der Waals surface area contributed by atoms with E-state index in [1.807, 2.05) is 36.6 Å². The first kappa shape index (κ1) is 9.74. The van der Waals surface area contributed by atoms with Crippen LogP contribution < -0.4 is 4.74 Å². The minimum Gasteiger partial charge on any atom is -0.456 e. The van der Waals surface area contributed by atoms with Crippen molar-refractivity contribution in [3.05, 3.63) is 45.1 Å². The largest absolute Gasteiger partial charge is 0.456 e. The van der Waals surface area contributed by atoms with Gasteiger partial charge in [-0.1, -0.05) is 15.9 Å². The summed E-state index contributed by atoms with van der Waals surface area (Å²) in [6.45, 7) is 2.05. The van der Waals surface area contributed by atoms with Crippen LogP contribution in [0.5, 0.6) is 11.5 Å². The van der Waals surface area contributed by atoms with Crippen LogP contribution in [0.25, 0.3) is 0 Å². The third-order valence-corrected chi connectivity index (χ3v) is 3.22. The Bertz CT molecular complexity index is 419. The molecule has 0 bridgehead atoms. The second-order valence-electron chi connectivity index (χ2n) is 2.98. The molecule has 14 heavy (non-hydrogen) atoms. The van der Waals surface area contributed by atoms with Gasteiger partial charge in [-0.3, -0.25) is 0 Å². The molecule has 1 heterocycles. The first-order valence-corrected chi connectivity index (χ1v) is 5.95. The van der Waals surface area contributed by atoms with Gasteiger partial charge < -0.3 is 4.74 Å². The van der Waals surface area contributed by atoms with E-state index in [9.17, 15) is 0 Å². The Kier molecular flexibility index (Phi) is 2.89. The quantitative estimate of drug-likeness (QED) is 0.773. The van der Waals surface area contributed by atoms with Crippen molar-refractivity contribution >= 4 is 27.3 Å². The highest BCUT2D eigenvalue weighted by Crippen LogP contribution is 2.28. The van der Waals surface area contributed by atoms with Crippen LogP contribution in [0.2, 0.25) is 0 Å². The number of halogens is 1. The summed E-state index contributed by atoms with van der Waals surface area (Å²) in [5.74, 6) is 1.81. The predicted molar refractivity (Wildman–Crippen MR) is 63.3 cm³/mol. The highest BCUT2D eigenvalue weighted by molar-refractivity contribution is 9.10. The minimum absolute atomic E-state index is 0.870. The van der Waals surface area contributed by atoms with E-state index in [0.29, 0.717) is 0 Å². The van der Waals surface area contributed by atoms with Gasteiger partial charge in [-0.25, -0.2) is 0 Å². The molecule has 0 radical (unpaired) electrons. The predicted octanol–water partition coefficient (Wildman–Crippen LogP) is 4.61. The molecule has 2 aromatic rings. The van der Waals surface area contributed by atoms with Crippen LogP contribution in [-0.4, -0.2) is 0 Å². The Labute approximate surface area is 95.5 Å². The zero-order valence-electron chi connectivity index (χ0n) is 7.66. The maximum absolute atomic E-state index is 5.69. The second kappa shape index (κ2) is 4.15. The van der Waals surface area contributed by atoms with Crippen LogP contribution in [-0.2, 0) is 0 Å². The van der Waals surface area contributed by atoms with Crippen LogP contribution in [0.1, 0.15) is 5.56 Å². The molecule has 1 aromatic heterocycles. The normalized spacial score (nSPS) is 10.1. The summed E-state index contributed by atoms with van der Waals surface area (Å²) < 4.78 is 6.76. The Morgan fingerprint density at radius 3 is 2.43 bits per heavy atom. The lowest BCUT2D eigenvalue weighted by Crippen LogP contribution is -1.82. The number of thiophene rings is 1. The van der Waals surface area contributed by atoms with Gasteiger partial charge in [-0.05, 0) is 36.6 Å². The molecule has 0 spiro atoms. The van der Waals surface area contributed by atoms with Crippen LogP contribution in [0.15, 0.2) is 39.5 Å². The van der Waals surface area contributed by atoms with Crippen molar-refractivity contribution in [2.75, 3.05) is 0 Å². The number of ether oxygens (including phenoxy) is 1. The number of rotatable bonds is 2. The standard InChI is InChI=1S/C11H9BrOS/c1-8-6-14-7-11(8)13-10-4-2-9(12)3-5-10/h2-7H,1H3. The van der Waals surface area contributed by atoms with Crippen molar-refractivity contribution in [2.45, 2.75) is 6.92 Å². The topological polar surface area (TPSA) is 9.23 Å². The monoisotopic (exact) mass is 268 g/mol. The summed E-state index contributed by atoms with van der Waals surface area (Å²) in [6, 6.07) is 7.83. The molecule has 0 fully saturated rings. The first-order valence-electron chi connectivity index (χ1n) is 4.22. The van der Waals surface area contributed by atoms with E-state index in [1.165, 1.54) is 5.56 Å². The minimum atomic E-state index is 0.870. The highest BCUT2D eigenvalue weighted by atomic mass is 79.9. The second-order valence-corrected chi connectivity index (χ2v) is 4.63. The van der Waals surface area contributed by atoms with Crippen molar-refractivity contribution in [2.24, 2.45) is 0 Å². The van der Waals surface area contributed by atoms with Crippen LogP contribution in [0.4, 0.5) is 0 Å². The lowest BCUT2D eigenvalue weighted by Gasteiger charge is -2.04. The van der Waals surface area contributed by atoms with Gasteiger partial charge >= 0.3 is 0 Å². The van der Waals surface area contributed by atoms with E-state index in [2.05, 4.69) is 21.3 Å². The Hall–Kier alpha value is -0.800. The van der Waals surface area contributed by atoms with Gasteiger partial charge in [-0.2, -0.15) is 0 Å². The molecule has 0 aliphatic heterocycles. The fourth-order valence-corrected chi connectivity index (χ4v) is 2.09. The smallest absolute Gasteiger partial charge is 0.140 e. The SMILES string of the molecule is Cc1cscc1Oc1ccc(Br)cc1. The molecule has 0 unspecified atom stereocenters. The van der Waals surface area contributed by atoms with E-state index < -0.39 is 0 Å². The van der Waals surface area contributed by atoms with E-state index >= 15 is 0 Å². The van der Waals surface area contributed by atoms with Crippen LogP contribution in [0, 0.1) is 6.92 Å². The molecule has 1 nitrogen and oxygen atoms in total. The summed E-state index contributed by atoms with van der Waals surface area (Å²) in [7, 11) is 0. The maximum atomic E-state index is 5.69. The molecular formula is C11H9BrOS. The van der Waals surface area contributed by atoms with Crippen molar-refractivity contribution in [1.82, 2.24) is 0 Å². The zero-order valence-corrected chi connectivity index (χ0v) is 10.1. The molecule has 0 saturated carbocycles. The molecular weight excluding hydrogens is 260 g/mol. The molecule has 2 rings (SSSR count). The van der Waals surface area contributed by atoms with Gasteiger partial charge in [0.05, 0.1) is 0 Å². The fraction of sp³-hybridized carbons (Fsp3) is 0.0909. The van der Waals surface area contributed by atoms with Crippen molar-refractivity contribution in [1.29, 1.82) is 0 Å². The van der Waals surface area contributed by atoms with Gasteiger partial charge in [0.1, 0.15) is 11.5 Å². The molecule has 0 N–H and O–H groups in total. The molecule has 0 aliphatic rings. The van der Waals surface area contributed by atoms with Crippen molar-refractivity contribution in [3.8, 4) is 11.5 Å². The summed E-state index contributed by atoms with van der Waals surface area (Å²) in [4.78, 5) is 0. The molecule has 1 aromatic carbocycles. The summed E-state index contributed by atoms with van der Waals surface area (Å²) in [5, 5.41) is 4.09. The average molecular weight is 269 g/mol. The highest BCUT2D eigenvalue weighted by Gasteiger charge is 2.01. The van der Waals surface area contributed by atoms with Gasteiger partial charge in [0.15, 0.2) is 0 Å². The number of hydrogen-bond acceptors (Lipinski definition) is 2. The molecule has 72 valence electrons. The van der Waals surface area contributed by atoms with Gasteiger partial charge in [0.2, 0.25) is 0 Å². The van der Waals surface area contributed by atoms with E-state index in [4.69, 9.17) is 4.74 Å². The Morgan fingerprint density at radius 2 is 1.86 bits per heavy atom. The summed E-state index contributed by atoms with van der Waals surface area (Å²) in [5.41, 5.74) is 1.18. The van der Waals surface area contributed by atoms with Crippen molar-refractivity contribution in [3.63, 3.8) is 0 Å². The van der Waals surface area contributed by atoms with Crippen LogP contribution >= 0.6 is 27.3 Å². The fourth-order valence-electron chi connectivity index (χ4n) is 1.08. The van der Waals surface area contributed by atoms with Crippen LogP contribution in [0.3, 0.4) is 0 Å². The van der Waals surface area contributed by atoms with E-state index in [1.54, 1.807) is 11.3 Å². The molecule has 0 saturated heterocycles. The van der Waals surface area contributed by atoms with Gasteiger partial charge in [-0.15, -0.1) is 11.3 Å². The van der Waals surface area contributed by atoms with Gasteiger partial charge in [0.25, 0.3) is 0 Å². The maximum Gasteiger partial charge on any atom is 0.140 e. The molecule has 0 atom stereocenters. The third-order valence-electron chi connectivity index (χ3n) is 1.85. The Balaban J connectivity index is 2.19. The van der Waals surface area contributed by atoms with E-state index in [0.717, 1.165) is 16.0 Å². The Morgan fingerprint density at radius 1 is 1.14 bits per heavy atom. The lowest BCUT2D eigenvalue weighted by atomic mass is 10.3.